The lowest BCUT2D eigenvalue weighted by Gasteiger charge is -2.63. The molecular formula is C48H61BCl2N6O7. The number of β-amino-alcohol motifs (C(OH)–C–C–N with tert-alkyl or cyclic N) is 1. The molecule has 0 radical (unpaired) electrons. The Kier molecular flexibility index (Phi) is 15.9. The van der Waals surface area contributed by atoms with Crippen LogP contribution in [0.4, 0.5) is 0 Å². The summed E-state index contributed by atoms with van der Waals surface area (Å²) in [6, 6.07) is 16.3. The van der Waals surface area contributed by atoms with Crippen molar-refractivity contribution in [2.24, 2.45) is 22.7 Å². The van der Waals surface area contributed by atoms with E-state index in [0.717, 1.165) is 36.9 Å². The van der Waals surface area contributed by atoms with Crippen molar-refractivity contribution in [3.8, 4) is 11.8 Å². The number of nitriles is 1. The highest BCUT2D eigenvalue weighted by molar-refractivity contribution is 6.72. The van der Waals surface area contributed by atoms with Crippen molar-refractivity contribution < 1.29 is 33.8 Å². The minimum Gasteiger partial charge on any atom is -0.489 e. The van der Waals surface area contributed by atoms with E-state index in [2.05, 4.69) is 49.3 Å². The molecule has 3 heterocycles. The van der Waals surface area contributed by atoms with Crippen molar-refractivity contribution in [1.82, 2.24) is 25.4 Å². The van der Waals surface area contributed by atoms with E-state index in [1.54, 1.807) is 55.6 Å². The maximum absolute atomic E-state index is 13.6. The van der Waals surface area contributed by atoms with Crippen LogP contribution in [0.3, 0.4) is 0 Å². The van der Waals surface area contributed by atoms with Gasteiger partial charge in [-0.05, 0) is 73.8 Å². The third kappa shape index (κ3) is 11.3. The predicted molar refractivity (Wildman–Crippen MR) is 248 cm³/mol. The lowest BCUT2D eigenvalue weighted by molar-refractivity contribution is -0.196. The number of aromatic nitrogens is 1. The Hall–Kier alpha value is -4.52. The molecule has 1 aromatic heterocycles. The van der Waals surface area contributed by atoms with Gasteiger partial charge in [-0.15, -0.1) is 0 Å². The molecule has 3 N–H and O–H groups in total. The molecule has 16 heteroatoms. The Labute approximate surface area is 387 Å². The number of nitrogens with one attached hydrogen (secondary N) is 2. The van der Waals surface area contributed by atoms with E-state index in [1.165, 1.54) is 4.90 Å². The van der Waals surface area contributed by atoms with Gasteiger partial charge < -0.3 is 35.0 Å². The van der Waals surface area contributed by atoms with Crippen LogP contribution in [0.1, 0.15) is 82.8 Å². The molecule has 2 saturated heterocycles. The molecule has 0 unspecified atom stereocenters. The van der Waals surface area contributed by atoms with Crippen LogP contribution in [-0.4, -0.2) is 113 Å². The first-order valence-corrected chi connectivity index (χ1v) is 23.1. The molecule has 4 atom stereocenters. The number of aliphatic hydroxyl groups excluding tert-OH is 1. The highest BCUT2D eigenvalue weighted by Gasteiger charge is 2.63. The largest absolute Gasteiger partial charge is 0.489 e. The second-order valence-corrected chi connectivity index (χ2v) is 20.0. The van der Waals surface area contributed by atoms with Crippen molar-refractivity contribution >= 4 is 59.0 Å². The summed E-state index contributed by atoms with van der Waals surface area (Å²) in [7, 11) is 0. The number of ketones is 1. The van der Waals surface area contributed by atoms with Crippen LogP contribution >= 0.6 is 23.2 Å². The molecule has 2 aliphatic heterocycles. The number of aliphatic hydroxyl groups is 1. The second-order valence-electron chi connectivity index (χ2n) is 19.2. The molecule has 6 rings (SSSR count). The SMILES string of the molecule is CC(C)[C@H](OCCN1CCB(c2ccc(C(=O)CC3C(C)(C)C(Oc4ccc(C#N)c(Cl)c4)C3(C)C)cn2)CC1)C(=O)N[C@@H](C)C(=O)N1C[C@H](O)C[C@H]1C(=O)NCc1ccc(Cl)cc1. The van der Waals surface area contributed by atoms with Crippen molar-refractivity contribution in [1.29, 1.82) is 5.26 Å². The van der Waals surface area contributed by atoms with Gasteiger partial charge in [0.1, 0.15) is 36.1 Å². The fourth-order valence-electron chi connectivity index (χ4n) is 10.1. The average Bonchev–Trinajstić information content (AvgIpc) is 3.66. The van der Waals surface area contributed by atoms with Crippen LogP contribution in [-0.2, 0) is 25.7 Å². The molecule has 3 aliphatic rings. The molecule has 1 saturated carbocycles. The van der Waals surface area contributed by atoms with Gasteiger partial charge in [0.2, 0.25) is 24.4 Å². The van der Waals surface area contributed by atoms with Crippen LogP contribution in [0.25, 0.3) is 0 Å². The van der Waals surface area contributed by atoms with Crippen LogP contribution in [0.15, 0.2) is 60.8 Å². The van der Waals surface area contributed by atoms with E-state index < -0.39 is 36.1 Å². The third-order valence-corrected chi connectivity index (χ3v) is 14.1. The van der Waals surface area contributed by atoms with Crippen molar-refractivity contribution in [2.45, 2.75) is 111 Å². The van der Waals surface area contributed by atoms with Crippen molar-refractivity contribution in [2.75, 3.05) is 32.8 Å². The van der Waals surface area contributed by atoms with Gasteiger partial charge >= 0.3 is 0 Å². The standard InChI is InChI=1S/C48H61BCl2N6O7/c1-29(2)42(44(61)55-30(3)45(62)57-28-35(58)22-38(57)43(60)54-26-31-8-12-34(50)13-9-31)63-21-20-56-18-16-49(17-19-56)41-15-11-33(27-53-41)39(59)24-40-47(4,5)46(48(40,6)7)64-36-14-10-32(25-52)37(51)23-36/h8-15,23,27,29-30,35,38,40,42,46,58H,16-22,24,26,28H2,1-7H3,(H,54,60)(H,55,61)/t30-,35+,38-,40?,42-,46?/m0/s1. The van der Waals surface area contributed by atoms with Crippen LogP contribution < -0.4 is 21.0 Å². The molecule has 3 aromatic rings. The molecule has 0 spiro atoms. The molecule has 64 heavy (non-hydrogen) atoms. The predicted octanol–water partition coefficient (Wildman–Crippen LogP) is 5.80. The second kappa shape index (κ2) is 20.8. The van der Waals surface area contributed by atoms with E-state index in [1.807, 2.05) is 26.0 Å². The molecule has 3 fully saturated rings. The van der Waals surface area contributed by atoms with Crippen LogP contribution in [0.2, 0.25) is 22.7 Å². The number of hydrogen-bond donors (Lipinski definition) is 3. The number of likely N-dealkylation sites (tertiary alicyclic amines) is 1. The van der Waals surface area contributed by atoms with Crippen molar-refractivity contribution in [3.63, 3.8) is 0 Å². The first-order chi connectivity index (χ1) is 30.3. The number of hydrogen-bond acceptors (Lipinski definition) is 10. The summed E-state index contributed by atoms with van der Waals surface area (Å²) < 4.78 is 12.5. The van der Waals surface area contributed by atoms with Gasteiger partial charge in [-0.25, -0.2) is 0 Å². The zero-order valence-electron chi connectivity index (χ0n) is 37.9. The summed E-state index contributed by atoms with van der Waals surface area (Å²) in [6.45, 7) is 17.0. The number of rotatable bonds is 17. The van der Waals surface area contributed by atoms with E-state index >= 15 is 0 Å². The number of carbonyl (C=O) groups is 4. The first kappa shape index (κ1) is 48.9. The Bertz CT molecular complexity index is 2180. The van der Waals surface area contributed by atoms with Gasteiger partial charge in [-0.2, -0.15) is 5.26 Å². The lowest BCUT2D eigenvalue weighted by Crippen LogP contribution is -2.66. The normalized spacial score (nSPS) is 22.5. The minimum absolute atomic E-state index is 0.00411. The first-order valence-electron chi connectivity index (χ1n) is 22.3. The van der Waals surface area contributed by atoms with Crippen molar-refractivity contribution in [3.05, 3.63) is 87.5 Å². The molecule has 2 aromatic carbocycles. The summed E-state index contributed by atoms with van der Waals surface area (Å²) >= 11 is 12.2. The number of carbonyl (C=O) groups excluding carboxylic acids is 4. The Morgan fingerprint density at radius 1 is 1.00 bits per heavy atom. The highest BCUT2D eigenvalue weighted by Crippen LogP contribution is 2.61. The monoisotopic (exact) mass is 914 g/mol. The van der Waals surface area contributed by atoms with Gasteiger partial charge in [0.25, 0.3) is 0 Å². The smallest absolute Gasteiger partial charge is 0.250 e. The van der Waals surface area contributed by atoms with Gasteiger partial charge in [0.15, 0.2) is 5.78 Å². The number of halogens is 2. The quantitative estimate of drug-likeness (QED) is 0.111. The topological polar surface area (TPSA) is 174 Å². The maximum Gasteiger partial charge on any atom is 0.250 e. The van der Waals surface area contributed by atoms with Gasteiger partial charge in [-0.1, -0.05) is 89.5 Å². The summed E-state index contributed by atoms with van der Waals surface area (Å²) in [5.74, 6) is -0.659. The Morgan fingerprint density at radius 2 is 1.69 bits per heavy atom. The molecule has 13 nitrogen and oxygen atoms in total. The number of benzene rings is 2. The van der Waals surface area contributed by atoms with Crippen LogP contribution in [0.5, 0.6) is 5.75 Å². The van der Waals surface area contributed by atoms with E-state index in [-0.39, 0.29) is 66.7 Å². The number of nitrogens with zero attached hydrogens (tertiary/aromatic N) is 4. The molecule has 1 aliphatic carbocycles. The number of pyridine rings is 1. The fourth-order valence-corrected chi connectivity index (χ4v) is 10.4. The summed E-state index contributed by atoms with van der Waals surface area (Å²) in [6.07, 6.45) is 2.20. The average molecular weight is 916 g/mol. The summed E-state index contributed by atoms with van der Waals surface area (Å²) in [5.41, 5.74) is 2.26. The third-order valence-electron chi connectivity index (χ3n) is 13.5. The van der Waals surface area contributed by atoms with E-state index in [0.29, 0.717) is 46.5 Å². The summed E-state index contributed by atoms with van der Waals surface area (Å²) in [5, 5.41) is 26.2. The van der Waals surface area contributed by atoms with Gasteiger partial charge in [0, 0.05) is 71.7 Å². The molecule has 342 valence electrons. The Balaban J connectivity index is 0.926. The van der Waals surface area contributed by atoms with Gasteiger partial charge in [0.05, 0.1) is 23.3 Å². The lowest BCUT2D eigenvalue weighted by atomic mass is 9.41. The molecule has 3 amide bonds. The number of amides is 3. The molecule has 0 bridgehead atoms. The molecular weight excluding hydrogens is 854 g/mol. The zero-order valence-corrected chi connectivity index (χ0v) is 39.4. The number of ether oxygens (including phenoxy) is 2. The zero-order chi connectivity index (χ0) is 46.5. The summed E-state index contributed by atoms with van der Waals surface area (Å²) in [4.78, 5) is 62.1. The van der Waals surface area contributed by atoms with Crippen LogP contribution in [0, 0.1) is 34.0 Å². The maximum atomic E-state index is 13.6. The highest BCUT2D eigenvalue weighted by atomic mass is 35.5. The van der Waals surface area contributed by atoms with E-state index in [9.17, 15) is 29.5 Å². The Morgan fingerprint density at radius 3 is 2.30 bits per heavy atom. The fraction of sp³-hybridized carbons (Fsp3) is 0.542. The number of Topliss-reactive ketones (excluding diaryl/α,β-unsaturated/α-hetero) is 1. The van der Waals surface area contributed by atoms with Gasteiger partial charge in [-0.3, -0.25) is 24.2 Å². The minimum atomic E-state index is -0.938. The van der Waals surface area contributed by atoms with E-state index in [4.69, 9.17) is 37.7 Å².